The lowest BCUT2D eigenvalue weighted by Crippen LogP contribution is -2.14. The number of hydrogen-bond donors (Lipinski definition) is 2. The second-order valence-corrected chi connectivity index (χ2v) is 7.80. The van der Waals surface area contributed by atoms with Crippen molar-refractivity contribution in [3.8, 4) is 11.3 Å². The van der Waals surface area contributed by atoms with Gasteiger partial charge in [-0.2, -0.15) is 5.10 Å². The topological polar surface area (TPSA) is 76.0 Å². The Labute approximate surface area is 194 Å². The third-order valence-corrected chi connectivity index (χ3v) is 5.46. The lowest BCUT2D eigenvalue weighted by Gasteiger charge is -2.07. The molecule has 32 heavy (non-hydrogen) atoms. The van der Waals surface area contributed by atoms with Gasteiger partial charge in [0.25, 0.3) is 11.8 Å². The van der Waals surface area contributed by atoms with Crippen LogP contribution < -0.4 is 10.6 Å². The van der Waals surface area contributed by atoms with Crippen molar-refractivity contribution in [3.05, 3.63) is 100 Å². The van der Waals surface area contributed by atoms with Crippen molar-refractivity contribution in [1.82, 2.24) is 9.78 Å². The minimum atomic E-state index is -0.317. The van der Waals surface area contributed by atoms with E-state index in [0.717, 1.165) is 5.56 Å². The average molecular weight is 465 g/mol. The predicted octanol–water partition coefficient (Wildman–Crippen LogP) is 5.90. The van der Waals surface area contributed by atoms with E-state index >= 15 is 0 Å². The van der Waals surface area contributed by atoms with Crippen LogP contribution in [0.4, 0.5) is 11.5 Å². The monoisotopic (exact) mass is 464 g/mol. The van der Waals surface area contributed by atoms with E-state index in [4.69, 9.17) is 23.2 Å². The second kappa shape index (κ2) is 9.26. The summed E-state index contributed by atoms with van der Waals surface area (Å²) in [6, 6.07) is 22.7. The fourth-order valence-corrected chi connectivity index (χ4v) is 3.57. The predicted molar refractivity (Wildman–Crippen MR) is 127 cm³/mol. The van der Waals surface area contributed by atoms with Gasteiger partial charge in [0.15, 0.2) is 0 Å². The molecule has 1 heterocycles. The van der Waals surface area contributed by atoms with Gasteiger partial charge in [0.05, 0.1) is 26.9 Å². The van der Waals surface area contributed by atoms with E-state index in [0.29, 0.717) is 38.4 Å². The number of anilines is 2. The molecule has 1 aromatic heterocycles. The van der Waals surface area contributed by atoms with E-state index in [1.807, 2.05) is 12.1 Å². The smallest absolute Gasteiger partial charge is 0.258 e. The molecule has 4 aromatic rings. The van der Waals surface area contributed by atoms with Gasteiger partial charge in [-0.05, 0) is 36.4 Å². The molecule has 0 fully saturated rings. The van der Waals surface area contributed by atoms with Crippen LogP contribution >= 0.6 is 23.2 Å². The normalized spacial score (nSPS) is 10.6. The number of nitrogens with one attached hydrogen (secondary N) is 2. The van der Waals surface area contributed by atoms with Crippen LogP contribution in [0, 0.1) is 0 Å². The second-order valence-electron chi connectivity index (χ2n) is 6.98. The maximum atomic E-state index is 12.5. The van der Waals surface area contributed by atoms with Gasteiger partial charge in [-0.15, -0.1) is 0 Å². The maximum Gasteiger partial charge on any atom is 0.258 e. The first-order valence-corrected chi connectivity index (χ1v) is 10.4. The van der Waals surface area contributed by atoms with Crippen LogP contribution in [-0.2, 0) is 7.05 Å². The number of rotatable bonds is 5. The number of hydrogen-bond acceptors (Lipinski definition) is 3. The van der Waals surface area contributed by atoms with E-state index in [1.165, 1.54) is 0 Å². The van der Waals surface area contributed by atoms with Crippen LogP contribution in [0.25, 0.3) is 11.3 Å². The van der Waals surface area contributed by atoms with Crippen LogP contribution in [-0.4, -0.2) is 21.6 Å². The number of amides is 2. The zero-order valence-corrected chi connectivity index (χ0v) is 18.5. The minimum absolute atomic E-state index is 0.286. The first-order chi connectivity index (χ1) is 15.4. The molecule has 0 radical (unpaired) electrons. The lowest BCUT2D eigenvalue weighted by molar-refractivity contribution is 0.101. The average Bonchev–Trinajstić information content (AvgIpc) is 3.15. The number of carbonyl (C=O) groups excluding carboxylic acids is 2. The van der Waals surface area contributed by atoms with Crippen LogP contribution in [0.15, 0.2) is 78.9 Å². The van der Waals surface area contributed by atoms with E-state index < -0.39 is 0 Å². The SMILES string of the molecule is Cn1nc(-c2ccc(NC(=O)c3ccccc3Cl)cc2)cc1NC(=O)c1ccccc1Cl. The number of aromatic nitrogens is 2. The Kier molecular flexibility index (Phi) is 6.25. The fraction of sp³-hybridized carbons (Fsp3) is 0.0417. The summed E-state index contributed by atoms with van der Waals surface area (Å²) in [7, 11) is 1.74. The van der Waals surface area contributed by atoms with Gasteiger partial charge in [0.1, 0.15) is 5.82 Å². The van der Waals surface area contributed by atoms with Crippen molar-refractivity contribution < 1.29 is 9.59 Å². The summed E-state index contributed by atoms with van der Waals surface area (Å²) in [4.78, 5) is 25.0. The van der Waals surface area contributed by atoms with Gasteiger partial charge < -0.3 is 10.6 Å². The molecule has 2 amide bonds. The first-order valence-electron chi connectivity index (χ1n) is 9.68. The summed E-state index contributed by atoms with van der Waals surface area (Å²) in [5.74, 6) is -0.0745. The van der Waals surface area contributed by atoms with Gasteiger partial charge in [0, 0.05) is 24.4 Å². The van der Waals surface area contributed by atoms with Gasteiger partial charge in [0.2, 0.25) is 0 Å². The zero-order chi connectivity index (χ0) is 22.7. The van der Waals surface area contributed by atoms with E-state index in [9.17, 15) is 9.59 Å². The third kappa shape index (κ3) is 4.66. The molecule has 0 spiro atoms. The maximum absolute atomic E-state index is 12.5. The highest BCUT2D eigenvalue weighted by Crippen LogP contribution is 2.25. The molecule has 160 valence electrons. The Morgan fingerprint density at radius 2 is 1.31 bits per heavy atom. The standard InChI is InChI=1S/C24H18Cl2N4O2/c1-30-22(28-24(32)18-7-3-5-9-20(18)26)14-21(29-30)15-10-12-16(13-11-15)27-23(31)17-6-2-4-8-19(17)25/h2-14H,1H3,(H,27,31)(H,28,32). The quantitative estimate of drug-likeness (QED) is 0.386. The van der Waals surface area contributed by atoms with Gasteiger partial charge in [-0.3, -0.25) is 14.3 Å². The van der Waals surface area contributed by atoms with Crippen molar-refractivity contribution in [3.63, 3.8) is 0 Å². The molecule has 4 rings (SSSR count). The highest BCUT2D eigenvalue weighted by molar-refractivity contribution is 6.34. The molecule has 0 saturated heterocycles. The van der Waals surface area contributed by atoms with E-state index in [1.54, 1.807) is 78.5 Å². The van der Waals surface area contributed by atoms with Crippen LogP contribution in [0.1, 0.15) is 20.7 Å². The molecule has 0 bridgehead atoms. The van der Waals surface area contributed by atoms with Crippen LogP contribution in [0.3, 0.4) is 0 Å². The molecule has 0 unspecified atom stereocenters. The number of benzene rings is 3. The summed E-state index contributed by atoms with van der Waals surface area (Å²) in [6.07, 6.45) is 0. The highest BCUT2D eigenvalue weighted by atomic mass is 35.5. The van der Waals surface area contributed by atoms with Crippen molar-refractivity contribution in [2.75, 3.05) is 10.6 Å². The Hall–Kier alpha value is -3.61. The zero-order valence-electron chi connectivity index (χ0n) is 17.0. The molecule has 2 N–H and O–H groups in total. The number of carbonyl (C=O) groups is 2. The number of aryl methyl sites for hydroxylation is 1. The van der Waals surface area contributed by atoms with Gasteiger partial charge in [-0.1, -0.05) is 59.6 Å². The molecule has 0 saturated carbocycles. The van der Waals surface area contributed by atoms with Crippen molar-refractivity contribution in [1.29, 1.82) is 0 Å². The number of nitrogens with zero attached hydrogens (tertiary/aromatic N) is 2. The minimum Gasteiger partial charge on any atom is -0.322 e. The molecule has 3 aromatic carbocycles. The Morgan fingerprint density at radius 3 is 1.88 bits per heavy atom. The molecule has 8 heteroatoms. The Balaban J connectivity index is 1.48. The van der Waals surface area contributed by atoms with Gasteiger partial charge in [-0.25, -0.2) is 0 Å². The molecule has 0 aliphatic heterocycles. The molecule has 0 aliphatic rings. The molecular weight excluding hydrogens is 447 g/mol. The molecule has 0 aliphatic carbocycles. The van der Waals surface area contributed by atoms with Crippen molar-refractivity contribution in [2.45, 2.75) is 0 Å². The molecule has 0 atom stereocenters. The van der Waals surface area contributed by atoms with Crippen molar-refractivity contribution >= 4 is 46.5 Å². The number of halogens is 2. The largest absolute Gasteiger partial charge is 0.322 e. The van der Waals surface area contributed by atoms with Crippen LogP contribution in [0.5, 0.6) is 0 Å². The third-order valence-electron chi connectivity index (χ3n) is 4.80. The fourth-order valence-electron chi connectivity index (χ4n) is 3.12. The first kappa shape index (κ1) is 21.6. The Morgan fingerprint density at radius 1 is 0.781 bits per heavy atom. The summed E-state index contributed by atoms with van der Waals surface area (Å²) in [5.41, 5.74) is 2.92. The highest BCUT2D eigenvalue weighted by Gasteiger charge is 2.14. The summed E-state index contributed by atoms with van der Waals surface area (Å²) in [5, 5.41) is 10.9. The lowest BCUT2D eigenvalue weighted by atomic mass is 10.1. The van der Waals surface area contributed by atoms with E-state index in [-0.39, 0.29) is 11.8 Å². The molecule has 6 nitrogen and oxygen atoms in total. The Bertz CT molecular complexity index is 1300. The van der Waals surface area contributed by atoms with Crippen LogP contribution in [0.2, 0.25) is 10.0 Å². The summed E-state index contributed by atoms with van der Waals surface area (Å²) >= 11 is 12.2. The summed E-state index contributed by atoms with van der Waals surface area (Å²) in [6.45, 7) is 0. The van der Waals surface area contributed by atoms with E-state index in [2.05, 4.69) is 15.7 Å². The van der Waals surface area contributed by atoms with Gasteiger partial charge >= 0.3 is 0 Å². The molecular formula is C24H18Cl2N4O2. The summed E-state index contributed by atoms with van der Waals surface area (Å²) < 4.78 is 1.58. The van der Waals surface area contributed by atoms with Crippen molar-refractivity contribution in [2.24, 2.45) is 7.05 Å².